The molecule has 0 saturated heterocycles. The van der Waals surface area contributed by atoms with Gasteiger partial charge in [-0.1, -0.05) is 26.5 Å². The average molecular weight is 167 g/mol. The lowest BCUT2D eigenvalue weighted by Crippen LogP contribution is -2.15. The number of nitrogens with zero attached hydrogens (tertiary/aromatic N) is 1. The SMILES string of the molecule is C=CC(CC(=C)N(C)C)C(C)C. The predicted octanol–water partition coefficient (Wildman–Crippen LogP) is 2.91. The zero-order valence-electron chi connectivity index (χ0n) is 8.80. The molecule has 0 spiro atoms. The molecule has 0 rings (SSSR count). The maximum absolute atomic E-state index is 4.00. The Bertz CT molecular complexity index is 156. The van der Waals surface area contributed by atoms with Crippen molar-refractivity contribution in [2.75, 3.05) is 14.1 Å². The van der Waals surface area contributed by atoms with Crippen LogP contribution in [-0.2, 0) is 0 Å². The Hall–Kier alpha value is -0.720. The molecule has 12 heavy (non-hydrogen) atoms. The minimum absolute atomic E-state index is 0.555. The van der Waals surface area contributed by atoms with Crippen LogP contribution in [0.15, 0.2) is 24.9 Å². The Morgan fingerprint density at radius 2 is 1.92 bits per heavy atom. The van der Waals surface area contributed by atoms with Crippen LogP contribution in [0.1, 0.15) is 20.3 Å². The second kappa shape index (κ2) is 5.02. The van der Waals surface area contributed by atoms with E-state index in [-0.39, 0.29) is 0 Å². The third-order valence-corrected chi connectivity index (χ3v) is 2.26. The van der Waals surface area contributed by atoms with Crippen LogP contribution in [-0.4, -0.2) is 19.0 Å². The van der Waals surface area contributed by atoms with Gasteiger partial charge in [0, 0.05) is 19.8 Å². The van der Waals surface area contributed by atoms with E-state index in [1.54, 1.807) is 0 Å². The maximum atomic E-state index is 4.00. The van der Waals surface area contributed by atoms with Crippen molar-refractivity contribution in [1.29, 1.82) is 0 Å². The number of allylic oxidation sites excluding steroid dienone is 2. The fraction of sp³-hybridized carbons (Fsp3) is 0.636. The summed E-state index contributed by atoms with van der Waals surface area (Å²) in [6.07, 6.45) is 3.05. The van der Waals surface area contributed by atoms with E-state index >= 15 is 0 Å². The lowest BCUT2D eigenvalue weighted by atomic mass is 9.91. The highest BCUT2D eigenvalue weighted by Gasteiger charge is 2.11. The second-order valence-corrected chi connectivity index (χ2v) is 3.81. The van der Waals surface area contributed by atoms with Gasteiger partial charge < -0.3 is 4.90 Å². The Morgan fingerprint density at radius 1 is 1.42 bits per heavy atom. The summed E-state index contributed by atoms with van der Waals surface area (Å²) in [5, 5.41) is 0. The Kier molecular flexibility index (Phi) is 4.72. The van der Waals surface area contributed by atoms with E-state index in [1.165, 1.54) is 5.70 Å². The van der Waals surface area contributed by atoms with Gasteiger partial charge in [0.2, 0.25) is 0 Å². The molecule has 70 valence electrons. The van der Waals surface area contributed by atoms with Crippen molar-refractivity contribution in [3.05, 3.63) is 24.9 Å². The van der Waals surface area contributed by atoms with Crippen molar-refractivity contribution in [3.63, 3.8) is 0 Å². The van der Waals surface area contributed by atoms with Crippen molar-refractivity contribution >= 4 is 0 Å². The molecule has 0 aliphatic heterocycles. The summed E-state index contributed by atoms with van der Waals surface area (Å²) in [7, 11) is 4.06. The number of hydrogen-bond acceptors (Lipinski definition) is 1. The van der Waals surface area contributed by atoms with Crippen LogP contribution in [0.2, 0.25) is 0 Å². The van der Waals surface area contributed by atoms with Crippen LogP contribution in [0.25, 0.3) is 0 Å². The highest BCUT2D eigenvalue weighted by Crippen LogP contribution is 2.20. The fourth-order valence-corrected chi connectivity index (χ4v) is 1.05. The molecular weight excluding hydrogens is 146 g/mol. The zero-order chi connectivity index (χ0) is 9.72. The molecule has 0 radical (unpaired) electrons. The minimum atomic E-state index is 0.555. The first kappa shape index (κ1) is 11.3. The first-order valence-corrected chi connectivity index (χ1v) is 4.46. The molecule has 0 aliphatic carbocycles. The molecule has 0 aliphatic rings. The fourth-order valence-electron chi connectivity index (χ4n) is 1.05. The molecular formula is C11H21N. The molecule has 0 saturated carbocycles. The van der Waals surface area contributed by atoms with Crippen LogP contribution in [0.3, 0.4) is 0 Å². The van der Waals surface area contributed by atoms with Gasteiger partial charge in [-0.2, -0.15) is 0 Å². The standard InChI is InChI=1S/C11H21N/c1-7-11(9(2)3)8-10(4)12(5)6/h7,9,11H,1,4,8H2,2-3,5-6H3. The molecule has 1 atom stereocenters. The van der Waals surface area contributed by atoms with Gasteiger partial charge in [-0.25, -0.2) is 0 Å². The molecule has 0 aromatic rings. The van der Waals surface area contributed by atoms with Crippen LogP contribution < -0.4 is 0 Å². The Balaban J connectivity index is 4.03. The van der Waals surface area contributed by atoms with Crippen LogP contribution in [0, 0.1) is 11.8 Å². The summed E-state index contributed by atoms with van der Waals surface area (Å²) in [5.74, 6) is 1.21. The normalized spacial score (nSPS) is 12.8. The highest BCUT2D eigenvalue weighted by molar-refractivity contribution is 4.97. The molecule has 1 unspecified atom stereocenters. The molecule has 0 aromatic heterocycles. The van der Waals surface area contributed by atoms with Crippen molar-refractivity contribution < 1.29 is 0 Å². The first-order chi connectivity index (χ1) is 5.49. The number of rotatable bonds is 5. The predicted molar refractivity (Wildman–Crippen MR) is 56.0 cm³/mol. The highest BCUT2D eigenvalue weighted by atomic mass is 15.1. The van der Waals surface area contributed by atoms with Gasteiger partial charge in [0.25, 0.3) is 0 Å². The van der Waals surface area contributed by atoms with Gasteiger partial charge in [-0.3, -0.25) is 0 Å². The van der Waals surface area contributed by atoms with Crippen molar-refractivity contribution in [2.24, 2.45) is 11.8 Å². The van der Waals surface area contributed by atoms with Crippen LogP contribution in [0.5, 0.6) is 0 Å². The summed E-state index contributed by atoms with van der Waals surface area (Å²) in [6.45, 7) is 12.3. The Morgan fingerprint density at radius 3 is 2.17 bits per heavy atom. The topological polar surface area (TPSA) is 3.24 Å². The quantitative estimate of drug-likeness (QED) is 0.569. The van der Waals surface area contributed by atoms with E-state index in [4.69, 9.17) is 0 Å². The summed E-state index contributed by atoms with van der Waals surface area (Å²) in [4.78, 5) is 2.07. The Labute approximate surface area is 76.8 Å². The lowest BCUT2D eigenvalue weighted by molar-refractivity contribution is 0.402. The second-order valence-electron chi connectivity index (χ2n) is 3.81. The van der Waals surface area contributed by atoms with Gasteiger partial charge in [0.05, 0.1) is 0 Å². The van der Waals surface area contributed by atoms with Gasteiger partial charge in [0.1, 0.15) is 0 Å². The molecule has 0 bridgehead atoms. The third kappa shape index (κ3) is 3.61. The van der Waals surface area contributed by atoms with E-state index in [1.807, 2.05) is 20.2 Å². The minimum Gasteiger partial charge on any atom is -0.381 e. The van der Waals surface area contributed by atoms with Gasteiger partial charge in [0.15, 0.2) is 0 Å². The molecule has 1 nitrogen and oxygen atoms in total. The van der Waals surface area contributed by atoms with Crippen molar-refractivity contribution in [2.45, 2.75) is 20.3 Å². The maximum Gasteiger partial charge on any atom is 0.00604 e. The third-order valence-electron chi connectivity index (χ3n) is 2.26. The smallest absolute Gasteiger partial charge is 0.00604 e. The van der Waals surface area contributed by atoms with E-state index < -0.39 is 0 Å². The van der Waals surface area contributed by atoms with Crippen LogP contribution in [0.4, 0.5) is 0 Å². The molecule has 0 aromatic carbocycles. The molecule has 0 heterocycles. The molecule has 1 heteroatoms. The van der Waals surface area contributed by atoms with E-state index in [0.29, 0.717) is 11.8 Å². The van der Waals surface area contributed by atoms with Gasteiger partial charge in [-0.05, 0) is 18.3 Å². The van der Waals surface area contributed by atoms with Crippen molar-refractivity contribution in [1.82, 2.24) is 4.90 Å². The van der Waals surface area contributed by atoms with Gasteiger partial charge in [-0.15, -0.1) is 6.58 Å². The van der Waals surface area contributed by atoms with E-state index in [9.17, 15) is 0 Å². The molecule has 0 N–H and O–H groups in total. The summed E-state index contributed by atoms with van der Waals surface area (Å²) in [6, 6.07) is 0. The van der Waals surface area contributed by atoms with Crippen molar-refractivity contribution in [3.8, 4) is 0 Å². The largest absolute Gasteiger partial charge is 0.381 e. The number of hydrogen-bond donors (Lipinski definition) is 0. The van der Waals surface area contributed by atoms with Gasteiger partial charge >= 0.3 is 0 Å². The van der Waals surface area contributed by atoms with Crippen LogP contribution >= 0.6 is 0 Å². The monoisotopic (exact) mass is 167 g/mol. The summed E-state index contributed by atoms with van der Waals surface area (Å²) in [5.41, 5.74) is 1.17. The average Bonchev–Trinajstić information content (AvgIpc) is 1.98. The van der Waals surface area contributed by atoms with E-state index in [2.05, 4.69) is 31.9 Å². The zero-order valence-corrected chi connectivity index (χ0v) is 8.80. The molecule has 0 amide bonds. The first-order valence-electron chi connectivity index (χ1n) is 4.46. The van der Waals surface area contributed by atoms with E-state index in [0.717, 1.165) is 6.42 Å². The lowest BCUT2D eigenvalue weighted by Gasteiger charge is -2.22. The summed E-state index contributed by atoms with van der Waals surface area (Å²) >= 11 is 0. The molecule has 0 fully saturated rings. The summed E-state index contributed by atoms with van der Waals surface area (Å²) < 4.78 is 0.